The van der Waals surface area contributed by atoms with E-state index >= 15 is 0 Å². The van der Waals surface area contributed by atoms with E-state index in [0.717, 1.165) is 12.2 Å². The number of likely N-dealkylation sites (tertiary alicyclic amines) is 1. The molecule has 0 bridgehead atoms. The lowest BCUT2D eigenvalue weighted by molar-refractivity contribution is -0.141. The summed E-state index contributed by atoms with van der Waals surface area (Å²) >= 11 is 0. The second-order valence-electron chi connectivity index (χ2n) is 7.62. The molecule has 2 aliphatic rings. The van der Waals surface area contributed by atoms with Crippen LogP contribution >= 0.6 is 0 Å². The van der Waals surface area contributed by atoms with Crippen molar-refractivity contribution in [1.29, 1.82) is 0 Å². The van der Waals surface area contributed by atoms with Crippen LogP contribution in [0.25, 0.3) is 0 Å². The van der Waals surface area contributed by atoms with Crippen molar-refractivity contribution < 1.29 is 24.2 Å². The van der Waals surface area contributed by atoms with Crippen molar-refractivity contribution in [2.24, 2.45) is 11.8 Å². The first-order valence-electron chi connectivity index (χ1n) is 10.0. The summed E-state index contributed by atoms with van der Waals surface area (Å²) in [4.78, 5) is 37.6. The van der Waals surface area contributed by atoms with Gasteiger partial charge in [-0.05, 0) is 44.2 Å². The number of carboxylic acids is 1. The van der Waals surface area contributed by atoms with Gasteiger partial charge in [-0.2, -0.15) is 0 Å². The quantitative estimate of drug-likeness (QED) is 0.745. The molecule has 2 N–H and O–H groups in total. The molecule has 2 atom stereocenters. The van der Waals surface area contributed by atoms with Crippen LogP contribution in [0.5, 0.6) is 5.75 Å². The number of ether oxygens (including phenoxy) is 1. The van der Waals surface area contributed by atoms with Crippen LogP contribution in [0.1, 0.15) is 38.5 Å². The first-order valence-corrected chi connectivity index (χ1v) is 10.0. The van der Waals surface area contributed by atoms with Crippen LogP contribution in [0.15, 0.2) is 30.3 Å². The topological polar surface area (TPSA) is 95.9 Å². The van der Waals surface area contributed by atoms with Gasteiger partial charge in [-0.1, -0.05) is 18.2 Å². The lowest BCUT2D eigenvalue weighted by atomic mass is 9.95. The van der Waals surface area contributed by atoms with E-state index in [0.29, 0.717) is 51.8 Å². The van der Waals surface area contributed by atoms with Crippen molar-refractivity contribution in [3.8, 4) is 5.75 Å². The zero-order valence-corrected chi connectivity index (χ0v) is 16.0. The Morgan fingerprint density at radius 1 is 1.04 bits per heavy atom. The molecule has 7 nitrogen and oxygen atoms in total. The summed E-state index contributed by atoms with van der Waals surface area (Å²) in [6.45, 7) is 1.49. The average molecular weight is 388 g/mol. The molecule has 1 heterocycles. The number of hydrogen-bond acceptors (Lipinski definition) is 4. The number of aliphatic carboxylic acids is 1. The fourth-order valence-electron chi connectivity index (χ4n) is 3.98. The van der Waals surface area contributed by atoms with Crippen molar-refractivity contribution in [3.63, 3.8) is 0 Å². The van der Waals surface area contributed by atoms with Crippen molar-refractivity contribution in [3.05, 3.63) is 30.3 Å². The molecular weight excluding hydrogens is 360 g/mol. The number of amides is 2. The maximum Gasteiger partial charge on any atom is 0.306 e. The Balaban J connectivity index is 1.35. The molecule has 3 rings (SSSR count). The number of carbonyl (C=O) groups excluding carboxylic acids is 2. The number of nitrogens with zero attached hydrogens (tertiary/aromatic N) is 1. The SMILES string of the molecule is O=C(N[C@@H]1CC[C@H](C(=O)O)C1)C1CCN(C(=O)CCOc2ccccc2)CC1. The molecule has 0 spiro atoms. The van der Waals surface area contributed by atoms with E-state index in [2.05, 4.69) is 5.32 Å². The summed E-state index contributed by atoms with van der Waals surface area (Å²) in [6.07, 6.45) is 3.47. The molecule has 7 heteroatoms. The van der Waals surface area contributed by atoms with Gasteiger partial charge in [0.05, 0.1) is 18.9 Å². The number of nitrogens with one attached hydrogen (secondary N) is 1. The molecular formula is C21H28N2O5. The molecule has 2 fully saturated rings. The first-order chi connectivity index (χ1) is 13.5. The Morgan fingerprint density at radius 3 is 2.39 bits per heavy atom. The molecule has 0 unspecified atom stereocenters. The number of para-hydroxylation sites is 1. The monoisotopic (exact) mass is 388 g/mol. The number of hydrogen-bond donors (Lipinski definition) is 2. The number of rotatable bonds is 7. The highest BCUT2D eigenvalue weighted by molar-refractivity contribution is 5.80. The third-order valence-electron chi connectivity index (χ3n) is 5.67. The van der Waals surface area contributed by atoms with Gasteiger partial charge in [-0.3, -0.25) is 14.4 Å². The molecule has 28 heavy (non-hydrogen) atoms. The van der Waals surface area contributed by atoms with E-state index in [1.807, 2.05) is 30.3 Å². The molecule has 1 aliphatic heterocycles. The second-order valence-corrected chi connectivity index (χ2v) is 7.62. The van der Waals surface area contributed by atoms with E-state index < -0.39 is 5.97 Å². The Hall–Kier alpha value is -2.57. The molecule has 152 valence electrons. The normalized spacial score (nSPS) is 22.6. The number of carboxylic acid groups (broad SMARTS) is 1. The molecule has 0 radical (unpaired) electrons. The smallest absolute Gasteiger partial charge is 0.306 e. The highest BCUT2D eigenvalue weighted by Crippen LogP contribution is 2.27. The minimum atomic E-state index is -0.778. The average Bonchev–Trinajstić information content (AvgIpc) is 3.17. The molecule has 2 amide bonds. The van der Waals surface area contributed by atoms with Crippen LogP contribution in [-0.4, -0.2) is 53.5 Å². The molecule has 0 aromatic heterocycles. The van der Waals surface area contributed by atoms with E-state index in [-0.39, 0.29) is 29.7 Å². The predicted molar refractivity (Wildman–Crippen MR) is 103 cm³/mol. The Labute approximate surface area is 165 Å². The molecule has 1 aromatic rings. The summed E-state index contributed by atoms with van der Waals surface area (Å²) in [5, 5.41) is 12.1. The number of piperidine rings is 1. The maximum absolute atomic E-state index is 12.5. The van der Waals surface area contributed by atoms with Crippen LogP contribution in [-0.2, 0) is 14.4 Å². The minimum Gasteiger partial charge on any atom is -0.493 e. The Kier molecular flexibility index (Phi) is 6.90. The van der Waals surface area contributed by atoms with E-state index in [4.69, 9.17) is 9.84 Å². The second kappa shape index (κ2) is 9.57. The third-order valence-corrected chi connectivity index (χ3v) is 5.67. The first kappa shape index (κ1) is 20.2. The largest absolute Gasteiger partial charge is 0.493 e. The van der Waals surface area contributed by atoms with Crippen LogP contribution in [0, 0.1) is 11.8 Å². The van der Waals surface area contributed by atoms with E-state index in [1.54, 1.807) is 4.90 Å². The summed E-state index contributed by atoms with van der Waals surface area (Å²) in [5.41, 5.74) is 0. The van der Waals surface area contributed by atoms with Gasteiger partial charge < -0.3 is 20.1 Å². The Bertz CT molecular complexity index is 685. The van der Waals surface area contributed by atoms with Gasteiger partial charge in [0.25, 0.3) is 0 Å². The number of carbonyl (C=O) groups is 3. The Morgan fingerprint density at radius 2 is 1.75 bits per heavy atom. The molecule has 1 aliphatic carbocycles. The van der Waals surface area contributed by atoms with Crippen molar-refractivity contribution >= 4 is 17.8 Å². The van der Waals surface area contributed by atoms with Crippen molar-refractivity contribution in [2.45, 2.75) is 44.6 Å². The maximum atomic E-state index is 12.5. The van der Waals surface area contributed by atoms with Crippen LogP contribution in [0.4, 0.5) is 0 Å². The number of benzene rings is 1. The van der Waals surface area contributed by atoms with Crippen LogP contribution in [0.2, 0.25) is 0 Å². The van der Waals surface area contributed by atoms with Gasteiger partial charge in [-0.25, -0.2) is 0 Å². The fourth-order valence-corrected chi connectivity index (χ4v) is 3.98. The molecule has 1 saturated carbocycles. The zero-order valence-electron chi connectivity index (χ0n) is 16.0. The van der Waals surface area contributed by atoms with Gasteiger partial charge >= 0.3 is 5.97 Å². The standard InChI is InChI=1S/C21H28N2O5/c24-19(10-13-28-18-4-2-1-3-5-18)23-11-8-15(9-12-23)20(25)22-17-7-6-16(14-17)21(26)27/h1-5,15-17H,6-14H2,(H,22,25)(H,26,27)/t16-,17+/m0/s1. The highest BCUT2D eigenvalue weighted by Gasteiger charge is 2.33. The highest BCUT2D eigenvalue weighted by atomic mass is 16.5. The van der Waals surface area contributed by atoms with Crippen molar-refractivity contribution in [1.82, 2.24) is 10.2 Å². The van der Waals surface area contributed by atoms with Crippen molar-refractivity contribution in [2.75, 3.05) is 19.7 Å². The van der Waals surface area contributed by atoms with E-state index in [9.17, 15) is 14.4 Å². The summed E-state index contributed by atoms with van der Waals surface area (Å²) in [5.74, 6) is -0.427. The van der Waals surface area contributed by atoms with Crippen LogP contribution in [0.3, 0.4) is 0 Å². The summed E-state index contributed by atoms with van der Waals surface area (Å²) in [6, 6.07) is 9.37. The fraction of sp³-hybridized carbons (Fsp3) is 0.571. The minimum absolute atomic E-state index is 0.00412. The van der Waals surface area contributed by atoms with Gasteiger partial charge in [0.15, 0.2) is 0 Å². The van der Waals surface area contributed by atoms with Gasteiger partial charge in [0.2, 0.25) is 11.8 Å². The molecule has 1 saturated heterocycles. The molecule has 1 aromatic carbocycles. The lowest BCUT2D eigenvalue weighted by Crippen LogP contribution is -2.45. The van der Waals surface area contributed by atoms with Crippen LogP contribution < -0.4 is 10.1 Å². The van der Waals surface area contributed by atoms with Gasteiger partial charge in [0, 0.05) is 25.0 Å². The lowest BCUT2D eigenvalue weighted by Gasteiger charge is -2.32. The summed E-state index contributed by atoms with van der Waals surface area (Å²) in [7, 11) is 0. The van der Waals surface area contributed by atoms with Gasteiger partial charge in [-0.15, -0.1) is 0 Å². The summed E-state index contributed by atoms with van der Waals surface area (Å²) < 4.78 is 5.57. The van der Waals surface area contributed by atoms with Gasteiger partial charge in [0.1, 0.15) is 5.75 Å². The van der Waals surface area contributed by atoms with E-state index in [1.165, 1.54) is 0 Å². The third kappa shape index (κ3) is 5.47. The zero-order chi connectivity index (χ0) is 19.9. The predicted octanol–water partition coefficient (Wildman–Crippen LogP) is 2.06.